The number of nitrogens with zero attached hydrogens (tertiary/aromatic N) is 2. The normalized spacial score (nSPS) is 19.4. The van der Waals surface area contributed by atoms with Gasteiger partial charge in [-0.05, 0) is 74.0 Å². The summed E-state index contributed by atoms with van der Waals surface area (Å²) in [7, 11) is 2.13. The van der Waals surface area contributed by atoms with Crippen molar-refractivity contribution in [1.82, 2.24) is 4.90 Å². The van der Waals surface area contributed by atoms with Gasteiger partial charge >= 0.3 is 12.0 Å². The van der Waals surface area contributed by atoms with Crippen molar-refractivity contribution >= 4 is 23.6 Å². The van der Waals surface area contributed by atoms with Gasteiger partial charge in [-0.25, -0.2) is 9.59 Å². The fraction of sp³-hybridized carbons (Fsp3) is 0.364. The van der Waals surface area contributed by atoms with Gasteiger partial charge in [-0.2, -0.15) is 0 Å². The Morgan fingerprint density at radius 1 is 1.02 bits per heavy atom. The highest BCUT2D eigenvalue weighted by Gasteiger charge is 2.44. The molecule has 1 unspecified atom stereocenters. The lowest BCUT2D eigenvalue weighted by Crippen LogP contribution is -2.56. The van der Waals surface area contributed by atoms with Crippen molar-refractivity contribution in [3.05, 3.63) is 83.4 Å². The van der Waals surface area contributed by atoms with Crippen LogP contribution >= 0.6 is 0 Å². The number of quaternary nitrogens is 1. The third-order valence-corrected chi connectivity index (χ3v) is 8.03. The number of nitrogens with one attached hydrogen (secondary N) is 1. The first kappa shape index (κ1) is 30.7. The second-order valence-electron chi connectivity index (χ2n) is 12.0. The first-order chi connectivity index (χ1) is 21.0. The van der Waals surface area contributed by atoms with Crippen LogP contribution in [0.2, 0.25) is 0 Å². The zero-order chi connectivity index (χ0) is 31.4. The zero-order valence-electron chi connectivity index (χ0n) is 25.2. The van der Waals surface area contributed by atoms with Gasteiger partial charge in [0.25, 0.3) is 0 Å². The lowest BCUT2D eigenvalue weighted by atomic mass is 10.0. The molecule has 11 nitrogen and oxygen atoms in total. The van der Waals surface area contributed by atoms with E-state index in [-0.39, 0.29) is 31.1 Å². The van der Waals surface area contributed by atoms with E-state index in [9.17, 15) is 19.5 Å². The maximum atomic E-state index is 14.0. The van der Waals surface area contributed by atoms with E-state index in [1.54, 1.807) is 67.3 Å². The van der Waals surface area contributed by atoms with E-state index in [2.05, 4.69) is 12.4 Å². The van der Waals surface area contributed by atoms with Crippen LogP contribution in [0.3, 0.4) is 0 Å². The number of amides is 3. The summed E-state index contributed by atoms with van der Waals surface area (Å²) in [5.74, 6) is 0.468. The molecule has 3 amide bonds. The zero-order valence-corrected chi connectivity index (χ0v) is 25.2. The number of likely N-dealkylation sites (tertiary alicyclic amines) is 1. The van der Waals surface area contributed by atoms with Crippen LogP contribution in [0.4, 0.5) is 10.5 Å². The molecule has 0 radical (unpaired) electrons. The molecule has 0 bridgehead atoms. The molecule has 0 aliphatic carbocycles. The molecular weight excluding hydrogens is 564 g/mol. The molecule has 1 saturated heterocycles. The van der Waals surface area contributed by atoms with Crippen LogP contribution in [-0.4, -0.2) is 77.5 Å². The first-order valence-electron chi connectivity index (χ1n) is 14.7. The van der Waals surface area contributed by atoms with Crippen molar-refractivity contribution in [3.63, 3.8) is 0 Å². The number of anilines is 1. The van der Waals surface area contributed by atoms with E-state index in [4.69, 9.17) is 19.9 Å². The molecule has 4 N–H and O–H groups in total. The Balaban J connectivity index is 1.38. The lowest BCUT2D eigenvalue weighted by molar-refractivity contribution is -0.911. The molecule has 0 aromatic heterocycles. The average Bonchev–Trinajstić information content (AvgIpc) is 3.60. The third kappa shape index (κ3) is 7.23. The summed E-state index contributed by atoms with van der Waals surface area (Å²) < 4.78 is 16.9. The van der Waals surface area contributed by atoms with Crippen LogP contribution in [0.15, 0.2) is 66.7 Å². The van der Waals surface area contributed by atoms with Gasteiger partial charge in [-0.3, -0.25) is 4.79 Å². The van der Waals surface area contributed by atoms with Crippen molar-refractivity contribution in [3.8, 4) is 17.2 Å². The molecule has 44 heavy (non-hydrogen) atoms. The number of primary amides is 1. The fourth-order valence-electron chi connectivity index (χ4n) is 5.92. The highest BCUT2D eigenvalue weighted by Crippen LogP contribution is 2.34. The number of phenolic OH excluding ortho intramolecular Hbond substituents is 1. The van der Waals surface area contributed by atoms with Gasteiger partial charge in [0.2, 0.25) is 12.7 Å². The number of likely N-dealkylation sites (N-methyl/N-ethyl adjacent to an activating group) is 1. The quantitative estimate of drug-likeness (QED) is 0.235. The predicted octanol–water partition coefficient (Wildman–Crippen LogP) is 4.04. The van der Waals surface area contributed by atoms with Crippen LogP contribution in [0.1, 0.15) is 41.8 Å². The van der Waals surface area contributed by atoms with Crippen LogP contribution in [0, 0.1) is 0 Å². The van der Waals surface area contributed by atoms with E-state index in [1.807, 2.05) is 18.2 Å². The number of benzene rings is 3. The van der Waals surface area contributed by atoms with E-state index < -0.39 is 23.9 Å². The molecule has 3 aromatic rings. The molecule has 232 valence electrons. The second-order valence-corrected chi connectivity index (χ2v) is 12.0. The maximum absolute atomic E-state index is 14.0. The topological polar surface area (TPSA) is 140 Å². The van der Waals surface area contributed by atoms with Crippen molar-refractivity contribution in [1.29, 1.82) is 0 Å². The fourth-order valence-corrected chi connectivity index (χ4v) is 5.92. The molecule has 3 aromatic carbocycles. The average molecular weight is 604 g/mol. The molecule has 0 spiro atoms. The Labute approximate surface area is 256 Å². The Morgan fingerprint density at radius 3 is 2.39 bits per heavy atom. The number of esters is 1. The molecule has 2 aliphatic heterocycles. The van der Waals surface area contributed by atoms with E-state index in [1.165, 1.54) is 0 Å². The molecule has 2 aliphatic rings. The first-order valence-corrected chi connectivity index (χ1v) is 14.7. The summed E-state index contributed by atoms with van der Waals surface area (Å²) >= 11 is 0. The van der Waals surface area contributed by atoms with Crippen LogP contribution < -0.4 is 20.5 Å². The number of fused-ring (bicyclic) bond motifs is 1. The Kier molecular flexibility index (Phi) is 8.96. The van der Waals surface area contributed by atoms with Gasteiger partial charge in [0.15, 0.2) is 11.5 Å². The minimum absolute atomic E-state index is 0.104. The Hall–Kier alpha value is -4.77. The number of hydrogen-bond acceptors (Lipinski definition) is 7. The summed E-state index contributed by atoms with van der Waals surface area (Å²) in [6.45, 7) is 5.83. The summed E-state index contributed by atoms with van der Waals surface area (Å²) in [5.41, 5.74) is 8.63. The Morgan fingerprint density at radius 2 is 1.70 bits per heavy atom. The van der Waals surface area contributed by atoms with Gasteiger partial charge in [0.05, 0.1) is 37.8 Å². The van der Waals surface area contributed by atoms with Gasteiger partial charge in [-0.15, -0.1) is 0 Å². The van der Waals surface area contributed by atoms with Crippen molar-refractivity contribution < 1.29 is 38.2 Å². The predicted molar refractivity (Wildman–Crippen MR) is 163 cm³/mol. The highest BCUT2D eigenvalue weighted by molar-refractivity contribution is 5.95. The molecule has 11 heteroatoms. The number of carbonyl (C=O) groups is 3. The summed E-state index contributed by atoms with van der Waals surface area (Å²) in [6.07, 6.45) is 0.592. The highest BCUT2D eigenvalue weighted by atomic mass is 16.7. The monoisotopic (exact) mass is 603 g/mol. The van der Waals surface area contributed by atoms with Gasteiger partial charge in [0.1, 0.15) is 18.3 Å². The number of carbonyl (C=O) groups excluding carboxylic acids is 3. The number of urea groups is 1. The number of phenols is 1. The number of ether oxygens (including phenoxy) is 3. The number of hydrogen-bond donors (Lipinski definition) is 3. The summed E-state index contributed by atoms with van der Waals surface area (Å²) in [5, 5.41) is 12.7. The lowest BCUT2D eigenvalue weighted by Gasteiger charge is -2.36. The second kappa shape index (κ2) is 12.8. The molecule has 1 fully saturated rings. The minimum Gasteiger partial charge on any atom is -0.508 e. The van der Waals surface area contributed by atoms with Crippen LogP contribution in [0.5, 0.6) is 17.2 Å². The van der Waals surface area contributed by atoms with Gasteiger partial charge in [0, 0.05) is 24.1 Å². The summed E-state index contributed by atoms with van der Waals surface area (Å²) in [6, 6.07) is 17.1. The van der Waals surface area contributed by atoms with E-state index >= 15 is 0 Å². The largest absolute Gasteiger partial charge is 0.508 e. The third-order valence-electron chi connectivity index (χ3n) is 8.03. The molecular formula is C33H39N4O7+. The van der Waals surface area contributed by atoms with Crippen molar-refractivity contribution in [2.45, 2.75) is 51.4 Å². The Bertz CT molecular complexity index is 1510. The standard InChI is InChI=1S/C33H38N4O7/c1-21(2)44-32(40)24-7-9-25(10-8-24)35-33(41)36(28(31(34)39)16-22-4-11-27(38)12-5-22)26-14-15-37(3,19-26)18-23-6-13-29-30(17-23)43-20-42-29/h4-13,17,21,26,28H,14-16,18-20H2,1-3H3,(H3-,34,35,38,39,40,41)/p+1/t26-,28+,37?/m1/s1. The van der Waals surface area contributed by atoms with Crippen LogP contribution in [0.25, 0.3) is 0 Å². The molecule has 0 saturated carbocycles. The smallest absolute Gasteiger partial charge is 0.338 e. The van der Waals surface area contributed by atoms with Gasteiger partial charge < -0.3 is 39.8 Å². The van der Waals surface area contributed by atoms with E-state index in [0.717, 1.165) is 29.2 Å². The maximum Gasteiger partial charge on any atom is 0.338 e. The number of aromatic hydroxyl groups is 1. The van der Waals surface area contributed by atoms with Crippen molar-refractivity contribution in [2.24, 2.45) is 5.73 Å². The minimum atomic E-state index is -0.943. The van der Waals surface area contributed by atoms with Gasteiger partial charge in [-0.1, -0.05) is 12.1 Å². The van der Waals surface area contributed by atoms with Crippen molar-refractivity contribution in [2.75, 3.05) is 32.2 Å². The van der Waals surface area contributed by atoms with Crippen LogP contribution in [-0.2, 0) is 22.5 Å². The molecule has 3 atom stereocenters. The SMILES string of the molecule is CC(C)OC(=O)c1ccc(NC(=O)N([C@@H]2CC[N+](C)(Cc3ccc4c(c3)OCO4)C2)[C@@H](Cc2ccc(O)cc2)C(N)=O)cc1. The summed E-state index contributed by atoms with van der Waals surface area (Å²) in [4.78, 5) is 40.8. The molecule has 2 heterocycles. The van der Waals surface area contributed by atoms with E-state index in [0.29, 0.717) is 35.2 Å². The number of rotatable bonds is 10. The number of nitrogens with two attached hydrogens (primary N) is 1. The molecule has 5 rings (SSSR count).